The zero-order chi connectivity index (χ0) is 23.4. The van der Waals surface area contributed by atoms with Crippen molar-refractivity contribution in [3.05, 3.63) is 89.5 Å². The molecule has 3 aromatic rings. The molecule has 2 aromatic carbocycles. The van der Waals surface area contributed by atoms with Gasteiger partial charge in [-0.3, -0.25) is 19.5 Å². The Morgan fingerprint density at radius 2 is 1.94 bits per heavy atom. The number of rotatable bonds is 6. The first-order chi connectivity index (χ1) is 15.9. The van der Waals surface area contributed by atoms with Crippen LogP contribution in [0.2, 0.25) is 0 Å². The van der Waals surface area contributed by atoms with Gasteiger partial charge in [0.15, 0.2) is 5.17 Å². The number of amidine groups is 1. The molecule has 0 radical (unpaired) electrons. The number of aliphatic imine (C=N–C) groups is 1. The van der Waals surface area contributed by atoms with Crippen molar-refractivity contribution in [3.63, 3.8) is 0 Å². The summed E-state index contributed by atoms with van der Waals surface area (Å²) in [6.07, 6.45) is 1.66. The fourth-order valence-electron chi connectivity index (χ4n) is 3.47. The fraction of sp³-hybridized carbons (Fsp3) is 0.200. The van der Waals surface area contributed by atoms with Crippen molar-refractivity contribution >= 4 is 40.1 Å². The maximum absolute atomic E-state index is 13.2. The number of pyridine rings is 1. The first-order valence-corrected chi connectivity index (χ1v) is 11.4. The molecule has 8 heteroatoms. The quantitative estimate of drug-likeness (QED) is 0.560. The molecule has 1 N–H and O–H groups in total. The molecule has 1 unspecified atom stereocenters. The van der Waals surface area contributed by atoms with Gasteiger partial charge in [0.1, 0.15) is 11.1 Å². The summed E-state index contributed by atoms with van der Waals surface area (Å²) in [7, 11) is 0. The normalized spacial score (nSPS) is 16.9. The predicted molar refractivity (Wildman–Crippen MR) is 129 cm³/mol. The van der Waals surface area contributed by atoms with Crippen LogP contribution in [-0.4, -0.2) is 32.1 Å². The molecular weight excluding hydrogens is 439 g/mol. The van der Waals surface area contributed by atoms with E-state index in [9.17, 15) is 14.0 Å². The average molecular weight is 463 g/mol. The summed E-state index contributed by atoms with van der Waals surface area (Å²) in [5.41, 5.74) is 4.12. The second-order valence-electron chi connectivity index (χ2n) is 7.80. The van der Waals surface area contributed by atoms with Crippen molar-refractivity contribution in [2.45, 2.75) is 32.1 Å². The van der Waals surface area contributed by atoms with Gasteiger partial charge in [0.25, 0.3) is 0 Å². The summed E-state index contributed by atoms with van der Waals surface area (Å²) >= 11 is 1.27. The van der Waals surface area contributed by atoms with Crippen LogP contribution < -0.4 is 5.32 Å². The number of hydrogen-bond donors (Lipinski definition) is 1. The Bertz CT molecular complexity index is 1200. The van der Waals surface area contributed by atoms with Crippen LogP contribution in [0, 0.1) is 19.7 Å². The zero-order valence-corrected chi connectivity index (χ0v) is 19.1. The lowest BCUT2D eigenvalue weighted by molar-refractivity contribution is -0.128. The van der Waals surface area contributed by atoms with Gasteiger partial charge in [-0.2, -0.15) is 0 Å². The Labute approximate surface area is 195 Å². The average Bonchev–Trinajstić information content (AvgIpc) is 3.07. The first-order valence-electron chi connectivity index (χ1n) is 10.5. The number of thioether (sulfide) groups is 1. The second kappa shape index (κ2) is 9.95. The lowest BCUT2D eigenvalue weighted by Gasteiger charge is -2.16. The number of halogens is 1. The van der Waals surface area contributed by atoms with Crippen LogP contribution in [0.4, 0.5) is 15.8 Å². The molecule has 1 atom stereocenters. The highest BCUT2D eigenvalue weighted by Crippen LogP contribution is 2.33. The van der Waals surface area contributed by atoms with Crippen molar-refractivity contribution in [2.75, 3.05) is 5.32 Å². The summed E-state index contributed by atoms with van der Waals surface area (Å²) in [6.45, 7) is 4.26. The van der Waals surface area contributed by atoms with Crippen molar-refractivity contribution < 1.29 is 14.0 Å². The molecule has 4 rings (SSSR count). The fourth-order valence-corrected chi connectivity index (χ4v) is 4.62. The molecule has 168 valence electrons. The number of amides is 2. The van der Waals surface area contributed by atoms with E-state index in [4.69, 9.17) is 4.99 Å². The molecule has 0 bridgehead atoms. The Morgan fingerprint density at radius 3 is 2.64 bits per heavy atom. The van der Waals surface area contributed by atoms with E-state index >= 15 is 0 Å². The smallest absolute Gasteiger partial charge is 0.243 e. The summed E-state index contributed by atoms with van der Waals surface area (Å²) in [6, 6.07) is 17.0. The SMILES string of the molecule is Cc1ccc(N=C2SC(CC(=O)Nc3ccc(F)cc3)C(=O)N2Cc2ccccn2)c(C)c1. The molecule has 33 heavy (non-hydrogen) atoms. The number of carbonyl (C=O) groups excluding carboxylic acids is 2. The zero-order valence-electron chi connectivity index (χ0n) is 18.3. The number of carbonyl (C=O) groups is 2. The Kier molecular flexibility index (Phi) is 6.84. The minimum absolute atomic E-state index is 0.0223. The van der Waals surface area contributed by atoms with Gasteiger partial charge in [0.05, 0.1) is 17.9 Å². The lowest BCUT2D eigenvalue weighted by Crippen LogP contribution is -2.33. The van der Waals surface area contributed by atoms with Crippen molar-refractivity contribution in [1.82, 2.24) is 9.88 Å². The molecule has 1 fully saturated rings. The number of nitrogens with zero attached hydrogens (tertiary/aromatic N) is 3. The van der Waals surface area contributed by atoms with Crippen LogP contribution in [-0.2, 0) is 16.1 Å². The molecule has 1 aliphatic rings. The minimum atomic E-state index is -0.612. The van der Waals surface area contributed by atoms with Gasteiger partial charge in [-0.1, -0.05) is 35.5 Å². The molecule has 1 aromatic heterocycles. The van der Waals surface area contributed by atoms with Gasteiger partial charge in [-0.15, -0.1) is 0 Å². The molecule has 0 spiro atoms. The summed E-state index contributed by atoms with van der Waals surface area (Å²) in [4.78, 5) is 36.5. The summed E-state index contributed by atoms with van der Waals surface area (Å²) in [5.74, 6) is -0.895. The van der Waals surface area contributed by atoms with Crippen molar-refractivity contribution in [1.29, 1.82) is 0 Å². The van der Waals surface area contributed by atoms with Crippen LogP contribution in [0.15, 0.2) is 71.9 Å². The highest BCUT2D eigenvalue weighted by atomic mass is 32.2. The highest BCUT2D eigenvalue weighted by Gasteiger charge is 2.39. The summed E-state index contributed by atoms with van der Waals surface area (Å²) < 4.78 is 13.1. The van der Waals surface area contributed by atoms with Gasteiger partial charge in [-0.25, -0.2) is 9.38 Å². The molecule has 6 nitrogen and oxygen atoms in total. The van der Waals surface area contributed by atoms with Gasteiger partial charge >= 0.3 is 0 Å². The number of aromatic nitrogens is 1. The third-order valence-electron chi connectivity index (χ3n) is 5.13. The van der Waals surface area contributed by atoms with E-state index in [1.807, 2.05) is 50.2 Å². The van der Waals surface area contributed by atoms with Crippen molar-refractivity contribution in [2.24, 2.45) is 4.99 Å². The molecule has 0 saturated carbocycles. The van der Waals surface area contributed by atoms with Crippen LogP contribution in [0.5, 0.6) is 0 Å². The van der Waals surface area contributed by atoms with E-state index in [1.54, 1.807) is 11.1 Å². The van der Waals surface area contributed by atoms with E-state index in [-0.39, 0.29) is 30.6 Å². The van der Waals surface area contributed by atoms with E-state index in [2.05, 4.69) is 10.3 Å². The maximum Gasteiger partial charge on any atom is 0.243 e. The molecule has 2 heterocycles. The number of aryl methyl sites for hydroxylation is 2. The van der Waals surface area contributed by atoms with Gasteiger partial charge in [0, 0.05) is 18.3 Å². The van der Waals surface area contributed by atoms with E-state index in [1.165, 1.54) is 36.0 Å². The number of anilines is 1. The molecule has 0 aliphatic carbocycles. The number of hydrogen-bond acceptors (Lipinski definition) is 5. The van der Waals surface area contributed by atoms with Crippen LogP contribution in [0.1, 0.15) is 23.2 Å². The standard InChI is InChI=1S/C25H23FN4O2S/c1-16-6-11-21(17(2)13-16)29-25-30(15-20-5-3-4-12-27-20)24(32)22(33-25)14-23(31)28-19-9-7-18(26)8-10-19/h3-13,22H,14-15H2,1-2H3,(H,28,31). The summed E-state index contributed by atoms with van der Waals surface area (Å²) in [5, 5.41) is 2.65. The third-order valence-corrected chi connectivity index (χ3v) is 6.31. The van der Waals surface area contributed by atoms with Crippen LogP contribution >= 0.6 is 11.8 Å². The van der Waals surface area contributed by atoms with Crippen LogP contribution in [0.25, 0.3) is 0 Å². The Hall–Kier alpha value is -3.52. The Balaban J connectivity index is 1.56. The Morgan fingerprint density at radius 1 is 1.15 bits per heavy atom. The van der Waals surface area contributed by atoms with Crippen LogP contribution in [0.3, 0.4) is 0 Å². The second-order valence-corrected chi connectivity index (χ2v) is 8.97. The highest BCUT2D eigenvalue weighted by molar-refractivity contribution is 8.15. The molecule has 1 aliphatic heterocycles. The number of benzene rings is 2. The van der Waals surface area contributed by atoms with E-state index in [0.717, 1.165) is 22.5 Å². The van der Waals surface area contributed by atoms with Gasteiger partial charge < -0.3 is 5.32 Å². The first kappa shape index (κ1) is 22.7. The minimum Gasteiger partial charge on any atom is -0.326 e. The third kappa shape index (κ3) is 5.64. The molecular formula is C25H23FN4O2S. The molecule has 2 amide bonds. The van der Waals surface area contributed by atoms with E-state index < -0.39 is 5.25 Å². The van der Waals surface area contributed by atoms with Gasteiger partial charge in [-0.05, 0) is 61.9 Å². The molecule has 1 saturated heterocycles. The number of nitrogens with one attached hydrogen (secondary N) is 1. The topological polar surface area (TPSA) is 74.7 Å². The largest absolute Gasteiger partial charge is 0.326 e. The lowest BCUT2D eigenvalue weighted by atomic mass is 10.1. The predicted octanol–water partition coefficient (Wildman–Crippen LogP) is 5.00. The van der Waals surface area contributed by atoms with E-state index in [0.29, 0.717) is 10.9 Å². The van der Waals surface area contributed by atoms with Gasteiger partial charge in [0.2, 0.25) is 11.8 Å². The monoisotopic (exact) mass is 462 g/mol. The maximum atomic E-state index is 13.2. The van der Waals surface area contributed by atoms with Crippen molar-refractivity contribution in [3.8, 4) is 0 Å².